The van der Waals surface area contributed by atoms with Gasteiger partial charge < -0.3 is 24.4 Å². The Labute approximate surface area is 195 Å². The van der Waals surface area contributed by atoms with E-state index in [1.54, 1.807) is 12.0 Å². The van der Waals surface area contributed by atoms with Crippen molar-refractivity contribution in [2.75, 3.05) is 26.9 Å². The maximum atomic E-state index is 12.9. The Morgan fingerprint density at radius 2 is 1.91 bits per heavy atom. The van der Waals surface area contributed by atoms with E-state index in [9.17, 15) is 9.59 Å². The van der Waals surface area contributed by atoms with E-state index in [1.807, 2.05) is 48.5 Å². The Hall–Kier alpha value is -3.06. The van der Waals surface area contributed by atoms with Gasteiger partial charge in [0.05, 0.1) is 19.6 Å². The number of nitrogens with one attached hydrogen (secondary N) is 1. The molecule has 2 aliphatic heterocycles. The van der Waals surface area contributed by atoms with Crippen molar-refractivity contribution in [2.45, 2.75) is 50.8 Å². The molecule has 0 bridgehead atoms. The lowest BCUT2D eigenvalue weighted by atomic mass is 10.1. The van der Waals surface area contributed by atoms with Crippen LogP contribution in [0.1, 0.15) is 36.8 Å². The molecule has 2 heterocycles. The molecule has 0 aliphatic carbocycles. The number of nitrogens with zero attached hydrogens (tertiary/aromatic N) is 1. The third-order valence-electron chi connectivity index (χ3n) is 6.22. The highest BCUT2D eigenvalue weighted by Crippen LogP contribution is 2.29. The molecule has 33 heavy (non-hydrogen) atoms. The van der Waals surface area contributed by atoms with Gasteiger partial charge in [-0.1, -0.05) is 36.4 Å². The van der Waals surface area contributed by atoms with Gasteiger partial charge in [0.15, 0.2) is 11.5 Å². The fraction of sp³-hybridized carbons (Fsp3) is 0.462. The van der Waals surface area contributed by atoms with Crippen LogP contribution in [-0.2, 0) is 27.3 Å². The number of ether oxygens (including phenoxy) is 3. The van der Waals surface area contributed by atoms with Crippen molar-refractivity contribution in [3.05, 3.63) is 59.7 Å². The van der Waals surface area contributed by atoms with Crippen molar-refractivity contribution in [3.63, 3.8) is 0 Å². The zero-order chi connectivity index (χ0) is 23.0. The van der Waals surface area contributed by atoms with E-state index in [1.165, 1.54) is 0 Å². The average Bonchev–Trinajstić information content (AvgIpc) is 3.54. The lowest BCUT2D eigenvalue weighted by Gasteiger charge is -2.24. The van der Waals surface area contributed by atoms with Crippen molar-refractivity contribution in [2.24, 2.45) is 0 Å². The van der Waals surface area contributed by atoms with E-state index in [2.05, 4.69) is 5.32 Å². The van der Waals surface area contributed by atoms with Crippen molar-refractivity contribution in [1.82, 2.24) is 10.2 Å². The number of amides is 2. The predicted molar refractivity (Wildman–Crippen MR) is 124 cm³/mol. The fourth-order valence-electron chi connectivity index (χ4n) is 4.42. The van der Waals surface area contributed by atoms with Gasteiger partial charge in [0.25, 0.3) is 0 Å². The third-order valence-corrected chi connectivity index (χ3v) is 6.22. The topological polar surface area (TPSA) is 77.1 Å². The van der Waals surface area contributed by atoms with Crippen LogP contribution in [0.3, 0.4) is 0 Å². The zero-order valence-electron chi connectivity index (χ0n) is 19.1. The van der Waals surface area contributed by atoms with Gasteiger partial charge in [-0.2, -0.15) is 0 Å². The average molecular weight is 453 g/mol. The number of hydrogen-bond acceptors (Lipinski definition) is 5. The van der Waals surface area contributed by atoms with Gasteiger partial charge in [-0.05, 0) is 48.9 Å². The first-order valence-corrected chi connectivity index (χ1v) is 11.7. The molecule has 176 valence electrons. The van der Waals surface area contributed by atoms with Gasteiger partial charge in [0, 0.05) is 19.7 Å². The molecule has 0 spiro atoms. The van der Waals surface area contributed by atoms with Crippen molar-refractivity contribution in [1.29, 1.82) is 0 Å². The number of likely N-dealkylation sites (tertiary alicyclic amines) is 1. The summed E-state index contributed by atoms with van der Waals surface area (Å²) in [5, 5.41) is 2.99. The molecule has 4 rings (SSSR count). The number of carbonyl (C=O) groups excluding carboxylic acids is 2. The number of hydrogen-bond donors (Lipinski definition) is 1. The standard InChI is InChI=1S/C26H32N2O5/c1-31-24-15-20(11-12-23(24)33-18-21-9-6-14-32-21)17-27-26(30)22-10-5-13-28(22)25(29)16-19-7-3-2-4-8-19/h2-4,7-8,11-12,15,21-22H,5-6,9-10,13-14,16-18H2,1H3,(H,27,30). The first-order chi connectivity index (χ1) is 16.1. The fourth-order valence-corrected chi connectivity index (χ4v) is 4.42. The molecule has 0 saturated carbocycles. The van der Waals surface area contributed by atoms with Crippen LogP contribution >= 0.6 is 0 Å². The summed E-state index contributed by atoms with van der Waals surface area (Å²) < 4.78 is 17.0. The number of rotatable bonds is 9. The van der Waals surface area contributed by atoms with E-state index in [-0.39, 0.29) is 17.9 Å². The predicted octanol–water partition coefficient (Wildman–Crippen LogP) is 3.10. The number of benzene rings is 2. The molecule has 7 heteroatoms. The van der Waals surface area contributed by atoms with Crippen LogP contribution in [0, 0.1) is 0 Å². The molecule has 1 N–H and O–H groups in total. The number of carbonyl (C=O) groups is 2. The minimum Gasteiger partial charge on any atom is -0.493 e. The van der Waals surface area contributed by atoms with E-state index in [0.717, 1.165) is 37.0 Å². The van der Waals surface area contributed by atoms with Crippen molar-refractivity contribution >= 4 is 11.8 Å². The Bertz CT molecular complexity index is 943. The second-order valence-electron chi connectivity index (χ2n) is 8.56. The molecular formula is C26H32N2O5. The normalized spacial score (nSPS) is 20.0. The summed E-state index contributed by atoms with van der Waals surface area (Å²) in [5.41, 5.74) is 1.87. The van der Waals surface area contributed by atoms with Crippen LogP contribution < -0.4 is 14.8 Å². The summed E-state index contributed by atoms with van der Waals surface area (Å²) in [4.78, 5) is 27.4. The maximum absolute atomic E-state index is 12.9. The summed E-state index contributed by atoms with van der Waals surface area (Å²) in [6.45, 7) is 2.27. The summed E-state index contributed by atoms with van der Waals surface area (Å²) >= 11 is 0. The smallest absolute Gasteiger partial charge is 0.243 e. The lowest BCUT2D eigenvalue weighted by molar-refractivity contribution is -0.138. The van der Waals surface area contributed by atoms with Crippen LogP contribution in [0.25, 0.3) is 0 Å². The molecule has 2 aliphatic rings. The second-order valence-corrected chi connectivity index (χ2v) is 8.56. The minimum atomic E-state index is -0.419. The Balaban J connectivity index is 1.31. The molecule has 2 unspecified atom stereocenters. The molecule has 2 aromatic rings. The SMILES string of the molecule is COc1cc(CNC(=O)C2CCCN2C(=O)Cc2ccccc2)ccc1OCC1CCCO1. The Morgan fingerprint density at radius 1 is 1.06 bits per heavy atom. The van der Waals surface area contributed by atoms with Gasteiger partial charge in [-0.15, -0.1) is 0 Å². The van der Waals surface area contributed by atoms with Crippen LogP contribution in [0.2, 0.25) is 0 Å². The van der Waals surface area contributed by atoms with Crippen LogP contribution in [0.15, 0.2) is 48.5 Å². The van der Waals surface area contributed by atoms with Gasteiger partial charge in [0.1, 0.15) is 12.6 Å². The highest BCUT2D eigenvalue weighted by molar-refractivity contribution is 5.89. The largest absolute Gasteiger partial charge is 0.493 e. The molecule has 0 radical (unpaired) electrons. The zero-order valence-corrected chi connectivity index (χ0v) is 19.1. The molecule has 2 aromatic carbocycles. The second kappa shape index (κ2) is 11.2. The first-order valence-electron chi connectivity index (χ1n) is 11.7. The van der Waals surface area contributed by atoms with Gasteiger partial charge in [-0.3, -0.25) is 9.59 Å². The van der Waals surface area contributed by atoms with Gasteiger partial charge >= 0.3 is 0 Å². The van der Waals surface area contributed by atoms with Gasteiger partial charge in [0.2, 0.25) is 11.8 Å². The molecule has 7 nitrogen and oxygen atoms in total. The quantitative estimate of drug-likeness (QED) is 0.633. The van der Waals surface area contributed by atoms with Crippen LogP contribution in [0.5, 0.6) is 11.5 Å². The molecule has 0 aromatic heterocycles. The Kier molecular flexibility index (Phi) is 7.83. The maximum Gasteiger partial charge on any atom is 0.243 e. The third kappa shape index (κ3) is 6.05. The summed E-state index contributed by atoms with van der Waals surface area (Å²) in [7, 11) is 1.60. The van der Waals surface area contributed by atoms with Crippen molar-refractivity contribution in [3.8, 4) is 11.5 Å². The summed E-state index contributed by atoms with van der Waals surface area (Å²) in [5.74, 6) is 1.16. The highest BCUT2D eigenvalue weighted by atomic mass is 16.5. The Morgan fingerprint density at radius 3 is 2.67 bits per heavy atom. The van der Waals surface area contributed by atoms with Crippen LogP contribution in [-0.4, -0.2) is 55.7 Å². The van der Waals surface area contributed by atoms with E-state index in [0.29, 0.717) is 44.0 Å². The first kappa shape index (κ1) is 23.1. The summed E-state index contributed by atoms with van der Waals surface area (Å²) in [6.07, 6.45) is 4.05. The van der Waals surface area contributed by atoms with E-state index >= 15 is 0 Å². The van der Waals surface area contributed by atoms with E-state index < -0.39 is 6.04 Å². The molecule has 2 saturated heterocycles. The highest BCUT2D eigenvalue weighted by Gasteiger charge is 2.33. The molecule has 2 amide bonds. The monoisotopic (exact) mass is 452 g/mol. The molecule has 2 atom stereocenters. The van der Waals surface area contributed by atoms with Crippen LogP contribution in [0.4, 0.5) is 0 Å². The van der Waals surface area contributed by atoms with E-state index in [4.69, 9.17) is 14.2 Å². The summed E-state index contributed by atoms with van der Waals surface area (Å²) in [6, 6.07) is 14.9. The van der Waals surface area contributed by atoms with Crippen molar-refractivity contribution < 1.29 is 23.8 Å². The number of methoxy groups -OCH3 is 1. The van der Waals surface area contributed by atoms with Gasteiger partial charge in [-0.25, -0.2) is 0 Å². The lowest BCUT2D eigenvalue weighted by Crippen LogP contribution is -2.46. The minimum absolute atomic E-state index is 0.00624. The molecule has 2 fully saturated rings. The molecular weight excluding hydrogens is 420 g/mol.